The molecule has 1 aromatic rings. The van der Waals surface area contributed by atoms with Crippen molar-refractivity contribution < 1.29 is 14.6 Å². The van der Waals surface area contributed by atoms with Crippen LogP contribution in [0.3, 0.4) is 0 Å². The van der Waals surface area contributed by atoms with E-state index in [4.69, 9.17) is 21.6 Å². The minimum absolute atomic E-state index is 0.0710. The Balaban J connectivity index is 2.05. The number of nitrogens with zero attached hydrogens (tertiary/aromatic N) is 2. The molecule has 7 heteroatoms. The number of halogens is 1. The highest BCUT2D eigenvalue weighted by Crippen LogP contribution is 2.27. The summed E-state index contributed by atoms with van der Waals surface area (Å²) in [7, 11) is 0. The number of ether oxygens (including phenoxy) is 1. The summed E-state index contributed by atoms with van der Waals surface area (Å²) in [4.78, 5) is 15.5. The van der Waals surface area contributed by atoms with Gasteiger partial charge in [-0.1, -0.05) is 11.6 Å². The Hall–Kier alpha value is -1.84. The standard InChI is InChI=1S/C14H16ClN3O3/c15-12-10(7-16)1-4-17-13(12)18-8-11(14(19)20)9-2-5-21-6-3-9/h1,4,9,11H,2-3,5-6,8H2,(H,17,18)(H,19,20). The second-order valence-corrected chi connectivity index (χ2v) is 5.29. The van der Waals surface area contributed by atoms with Crippen molar-refractivity contribution in [3.63, 3.8) is 0 Å². The van der Waals surface area contributed by atoms with Gasteiger partial charge in [-0.15, -0.1) is 0 Å². The normalized spacial score (nSPS) is 17.0. The third-order valence-corrected chi connectivity index (χ3v) is 4.03. The fourth-order valence-electron chi connectivity index (χ4n) is 2.43. The number of carboxylic acids is 1. The molecule has 6 nitrogen and oxygen atoms in total. The number of rotatable bonds is 5. The third kappa shape index (κ3) is 3.84. The van der Waals surface area contributed by atoms with Crippen molar-refractivity contribution in [3.05, 3.63) is 22.8 Å². The molecule has 0 radical (unpaired) electrons. The molecule has 112 valence electrons. The van der Waals surface area contributed by atoms with Gasteiger partial charge in [-0.25, -0.2) is 4.98 Å². The van der Waals surface area contributed by atoms with Crippen LogP contribution in [-0.2, 0) is 9.53 Å². The Labute approximate surface area is 127 Å². The second-order valence-electron chi connectivity index (χ2n) is 4.91. The first-order valence-corrected chi connectivity index (χ1v) is 7.10. The molecule has 0 aliphatic carbocycles. The number of anilines is 1. The average molecular weight is 310 g/mol. The van der Waals surface area contributed by atoms with E-state index in [0.29, 0.717) is 24.6 Å². The summed E-state index contributed by atoms with van der Waals surface area (Å²) in [6.45, 7) is 1.41. The Morgan fingerprint density at radius 3 is 2.95 bits per heavy atom. The number of hydrogen-bond acceptors (Lipinski definition) is 5. The molecule has 1 aliphatic heterocycles. The van der Waals surface area contributed by atoms with Crippen LogP contribution < -0.4 is 5.32 Å². The van der Waals surface area contributed by atoms with Crippen LogP contribution in [0.5, 0.6) is 0 Å². The third-order valence-electron chi connectivity index (χ3n) is 3.65. The van der Waals surface area contributed by atoms with E-state index >= 15 is 0 Å². The van der Waals surface area contributed by atoms with Gasteiger partial charge in [-0.05, 0) is 24.8 Å². The van der Waals surface area contributed by atoms with E-state index < -0.39 is 11.9 Å². The molecule has 0 saturated carbocycles. The van der Waals surface area contributed by atoms with Crippen LogP contribution in [0.2, 0.25) is 5.02 Å². The molecule has 0 aromatic carbocycles. The maximum absolute atomic E-state index is 11.4. The number of carboxylic acid groups (broad SMARTS) is 1. The number of hydrogen-bond donors (Lipinski definition) is 2. The van der Waals surface area contributed by atoms with Crippen molar-refractivity contribution in [2.75, 3.05) is 25.1 Å². The summed E-state index contributed by atoms with van der Waals surface area (Å²) in [5, 5.41) is 21.5. The zero-order valence-corrected chi connectivity index (χ0v) is 12.1. The molecule has 2 rings (SSSR count). The minimum Gasteiger partial charge on any atom is -0.481 e. The molecule has 1 aromatic heterocycles. The molecule has 0 bridgehead atoms. The molecule has 1 aliphatic rings. The van der Waals surface area contributed by atoms with E-state index in [2.05, 4.69) is 10.3 Å². The fourth-order valence-corrected chi connectivity index (χ4v) is 2.65. The Morgan fingerprint density at radius 1 is 1.62 bits per heavy atom. The van der Waals surface area contributed by atoms with E-state index in [9.17, 15) is 9.90 Å². The van der Waals surface area contributed by atoms with Gasteiger partial charge in [0.25, 0.3) is 0 Å². The molecule has 0 spiro atoms. The summed E-state index contributed by atoms with van der Waals surface area (Å²) in [5.41, 5.74) is 0.312. The van der Waals surface area contributed by atoms with Crippen LogP contribution in [0, 0.1) is 23.2 Å². The van der Waals surface area contributed by atoms with Gasteiger partial charge in [0.05, 0.1) is 11.5 Å². The molecule has 2 N–H and O–H groups in total. The lowest BCUT2D eigenvalue weighted by atomic mass is 9.86. The van der Waals surface area contributed by atoms with E-state index in [1.165, 1.54) is 12.3 Å². The van der Waals surface area contributed by atoms with Crippen LogP contribution in [0.15, 0.2) is 12.3 Å². The zero-order valence-electron chi connectivity index (χ0n) is 11.4. The first-order valence-electron chi connectivity index (χ1n) is 6.72. The van der Waals surface area contributed by atoms with Crippen molar-refractivity contribution in [3.8, 4) is 6.07 Å². The summed E-state index contributed by atoms with van der Waals surface area (Å²) in [6, 6.07) is 3.48. The molecule has 1 fully saturated rings. The highest BCUT2D eigenvalue weighted by atomic mass is 35.5. The summed E-state index contributed by atoms with van der Waals surface area (Å²) < 4.78 is 5.26. The van der Waals surface area contributed by atoms with Gasteiger partial charge < -0.3 is 15.2 Å². The SMILES string of the molecule is N#Cc1ccnc(NCC(C(=O)O)C2CCOCC2)c1Cl. The second kappa shape index (κ2) is 7.25. The highest BCUT2D eigenvalue weighted by molar-refractivity contribution is 6.34. The minimum atomic E-state index is -0.845. The molecule has 21 heavy (non-hydrogen) atoms. The molecular weight excluding hydrogens is 294 g/mol. The van der Waals surface area contributed by atoms with Crippen LogP contribution in [0.4, 0.5) is 5.82 Å². The maximum Gasteiger partial charge on any atom is 0.308 e. The van der Waals surface area contributed by atoms with Crippen LogP contribution in [-0.4, -0.2) is 35.8 Å². The number of nitrogens with one attached hydrogen (secondary N) is 1. The molecular formula is C14H16ClN3O3. The molecule has 1 atom stereocenters. The predicted octanol–water partition coefficient (Wildman–Crippen LogP) is 2.15. The smallest absolute Gasteiger partial charge is 0.308 e. The topological polar surface area (TPSA) is 95.2 Å². The number of aliphatic carboxylic acids is 1. The van der Waals surface area contributed by atoms with Crippen LogP contribution in [0.25, 0.3) is 0 Å². The summed E-state index contributed by atoms with van der Waals surface area (Å²) >= 11 is 6.04. The van der Waals surface area contributed by atoms with Crippen molar-refractivity contribution in [1.82, 2.24) is 4.98 Å². The van der Waals surface area contributed by atoms with Crippen LogP contribution >= 0.6 is 11.6 Å². The predicted molar refractivity (Wildman–Crippen MR) is 77.1 cm³/mol. The number of carbonyl (C=O) groups is 1. The van der Waals surface area contributed by atoms with Gasteiger partial charge in [-0.2, -0.15) is 5.26 Å². The maximum atomic E-state index is 11.4. The monoisotopic (exact) mass is 309 g/mol. The number of nitriles is 1. The van der Waals surface area contributed by atoms with Gasteiger partial charge in [0, 0.05) is 26.0 Å². The zero-order chi connectivity index (χ0) is 15.2. The fraction of sp³-hybridized carbons (Fsp3) is 0.500. The van der Waals surface area contributed by atoms with E-state index in [-0.39, 0.29) is 17.5 Å². The Bertz CT molecular complexity index is 553. The lowest BCUT2D eigenvalue weighted by Gasteiger charge is -2.27. The van der Waals surface area contributed by atoms with Gasteiger partial charge in [-0.3, -0.25) is 4.79 Å². The Morgan fingerprint density at radius 2 is 2.33 bits per heavy atom. The lowest BCUT2D eigenvalue weighted by Crippen LogP contribution is -2.34. The molecule has 0 amide bonds. The van der Waals surface area contributed by atoms with E-state index in [1.54, 1.807) is 0 Å². The number of pyridine rings is 1. The molecule has 1 unspecified atom stereocenters. The van der Waals surface area contributed by atoms with Crippen LogP contribution in [0.1, 0.15) is 18.4 Å². The first-order chi connectivity index (χ1) is 10.1. The summed E-state index contributed by atoms with van der Waals surface area (Å²) in [5.74, 6) is -0.963. The van der Waals surface area contributed by atoms with Gasteiger partial charge in [0.15, 0.2) is 0 Å². The highest BCUT2D eigenvalue weighted by Gasteiger charge is 2.29. The number of aromatic nitrogens is 1. The van der Waals surface area contributed by atoms with E-state index in [0.717, 1.165) is 12.8 Å². The first kappa shape index (κ1) is 15.5. The largest absolute Gasteiger partial charge is 0.481 e. The summed E-state index contributed by atoms with van der Waals surface area (Å²) in [6.07, 6.45) is 2.94. The Kier molecular flexibility index (Phi) is 5.37. The average Bonchev–Trinajstić information content (AvgIpc) is 2.50. The van der Waals surface area contributed by atoms with Gasteiger partial charge >= 0.3 is 5.97 Å². The lowest BCUT2D eigenvalue weighted by molar-refractivity contribution is -0.144. The quantitative estimate of drug-likeness (QED) is 0.865. The molecule has 1 saturated heterocycles. The van der Waals surface area contributed by atoms with E-state index in [1.807, 2.05) is 6.07 Å². The van der Waals surface area contributed by atoms with Gasteiger partial charge in [0.2, 0.25) is 0 Å². The van der Waals surface area contributed by atoms with Crippen molar-refractivity contribution in [2.45, 2.75) is 12.8 Å². The van der Waals surface area contributed by atoms with Crippen molar-refractivity contribution in [1.29, 1.82) is 5.26 Å². The van der Waals surface area contributed by atoms with Crippen molar-refractivity contribution in [2.24, 2.45) is 11.8 Å². The van der Waals surface area contributed by atoms with Gasteiger partial charge in [0.1, 0.15) is 16.9 Å². The van der Waals surface area contributed by atoms with Crippen molar-refractivity contribution >= 4 is 23.4 Å². The molecule has 2 heterocycles.